The van der Waals surface area contributed by atoms with Gasteiger partial charge < -0.3 is 0 Å². The van der Waals surface area contributed by atoms with Crippen molar-refractivity contribution in [3.8, 4) is 0 Å². The summed E-state index contributed by atoms with van der Waals surface area (Å²) in [6.07, 6.45) is 8.29. The Bertz CT molecular complexity index is 646. The Labute approximate surface area is 150 Å². The predicted octanol–water partition coefficient (Wildman–Crippen LogP) is 3.79. The average molecular weight is 339 g/mol. The third-order valence-electron chi connectivity index (χ3n) is 6.05. The van der Waals surface area contributed by atoms with Crippen LogP contribution in [0.5, 0.6) is 0 Å². The zero-order valence-corrected chi connectivity index (χ0v) is 15.3. The molecule has 0 bridgehead atoms. The van der Waals surface area contributed by atoms with E-state index in [0.717, 1.165) is 31.6 Å². The minimum atomic E-state index is 0.132. The van der Waals surface area contributed by atoms with Crippen LogP contribution in [0.2, 0.25) is 0 Å². The maximum Gasteiger partial charge on any atom is 0.247 e. The molecule has 4 rings (SSSR count). The lowest BCUT2D eigenvalue weighted by Gasteiger charge is -2.40. The van der Waals surface area contributed by atoms with Crippen LogP contribution >= 0.6 is 0 Å². The van der Waals surface area contributed by atoms with Gasteiger partial charge in [0, 0.05) is 11.8 Å². The van der Waals surface area contributed by atoms with Crippen LogP contribution in [0.15, 0.2) is 29.4 Å². The standard InChI is InChI=1S/C21H29N3O/c1-16-9-11-17(12-10-16)20-18-7-3-4-8-19(18)21(25)24(22-20)15-23-13-5-2-6-14-23/h9-12,18-19H,2-8,13-15H2,1H3/t18-,19+/m1/s1. The van der Waals surface area contributed by atoms with E-state index in [0.29, 0.717) is 12.6 Å². The number of amides is 1. The van der Waals surface area contributed by atoms with Crippen molar-refractivity contribution in [1.29, 1.82) is 0 Å². The second-order valence-corrected chi connectivity index (χ2v) is 7.91. The van der Waals surface area contributed by atoms with Crippen LogP contribution in [0, 0.1) is 18.8 Å². The summed E-state index contributed by atoms with van der Waals surface area (Å²) in [6.45, 7) is 4.96. The van der Waals surface area contributed by atoms with E-state index in [-0.39, 0.29) is 11.8 Å². The Balaban J connectivity index is 1.64. The van der Waals surface area contributed by atoms with Gasteiger partial charge in [-0.2, -0.15) is 5.10 Å². The highest BCUT2D eigenvalue weighted by molar-refractivity contribution is 6.06. The lowest BCUT2D eigenvalue weighted by atomic mass is 9.73. The van der Waals surface area contributed by atoms with Gasteiger partial charge in [-0.1, -0.05) is 49.1 Å². The van der Waals surface area contributed by atoms with Crippen LogP contribution in [-0.4, -0.2) is 41.3 Å². The minimum Gasteiger partial charge on any atom is -0.284 e. The highest BCUT2D eigenvalue weighted by Gasteiger charge is 2.41. The molecule has 2 aliphatic heterocycles. The molecule has 1 aromatic rings. The molecule has 3 aliphatic rings. The van der Waals surface area contributed by atoms with Crippen molar-refractivity contribution in [2.75, 3.05) is 19.8 Å². The summed E-state index contributed by atoms with van der Waals surface area (Å²) in [5, 5.41) is 6.68. The molecular weight excluding hydrogens is 310 g/mol. The quantitative estimate of drug-likeness (QED) is 0.840. The van der Waals surface area contributed by atoms with Crippen molar-refractivity contribution in [3.05, 3.63) is 35.4 Å². The number of hydrogen-bond acceptors (Lipinski definition) is 3. The van der Waals surface area contributed by atoms with Crippen LogP contribution in [0.4, 0.5) is 0 Å². The third-order valence-corrected chi connectivity index (χ3v) is 6.05. The van der Waals surface area contributed by atoms with Crippen LogP contribution in [-0.2, 0) is 4.79 Å². The molecule has 4 nitrogen and oxygen atoms in total. The summed E-state index contributed by atoms with van der Waals surface area (Å²) in [6, 6.07) is 8.66. The summed E-state index contributed by atoms with van der Waals surface area (Å²) >= 11 is 0. The van der Waals surface area contributed by atoms with Crippen LogP contribution < -0.4 is 0 Å². The fourth-order valence-electron chi connectivity index (χ4n) is 4.59. The second kappa shape index (κ2) is 7.28. The molecule has 1 saturated carbocycles. The lowest BCUT2D eigenvalue weighted by Crippen LogP contribution is -2.50. The van der Waals surface area contributed by atoms with Gasteiger partial charge in [0.05, 0.1) is 12.4 Å². The summed E-state index contributed by atoms with van der Waals surface area (Å²) in [7, 11) is 0. The van der Waals surface area contributed by atoms with Gasteiger partial charge in [0.25, 0.3) is 0 Å². The van der Waals surface area contributed by atoms with E-state index in [1.54, 1.807) is 5.01 Å². The molecule has 0 aromatic heterocycles. The monoisotopic (exact) mass is 339 g/mol. The third kappa shape index (κ3) is 3.50. The molecule has 0 radical (unpaired) electrons. The Kier molecular flexibility index (Phi) is 4.89. The molecule has 0 N–H and O–H groups in total. The highest BCUT2D eigenvalue weighted by atomic mass is 16.2. The Morgan fingerprint density at radius 2 is 1.64 bits per heavy atom. The number of hydrogen-bond donors (Lipinski definition) is 0. The Hall–Kier alpha value is -1.68. The molecule has 2 fully saturated rings. The van der Waals surface area contributed by atoms with Crippen molar-refractivity contribution >= 4 is 11.6 Å². The highest BCUT2D eigenvalue weighted by Crippen LogP contribution is 2.37. The number of carbonyl (C=O) groups excluding carboxylic acids is 1. The van der Waals surface area contributed by atoms with Crippen molar-refractivity contribution in [1.82, 2.24) is 9.91 Å². The second-order valence-electron chi connectivity index (χ2n) is 7.91. The van der Waals surface area contributed by atoms with Gasteiger partial charge in [0.15, 0.2) is 0 Å². The number of aryl methyl sites for hydroxylation is 1. The summed E-state index contributed by atoms with van der Waals surface area (Å²) < 4.78 is 0. The van der Waals surface area contributed by atoms with E-state index in [2.05, 4.69) is 36.1 Å². The number of benzene rings is 1. The van der Waals surface area contributed by atoms with Crippen molar-refractivity contribution < 1.29 is 4.79 Å². The molecule has 4 heteroatoms. The van der Waals surface area contributed by atoms with Crippen molar-refractivity contribution in [2.45, 2.75) is 51.9 Å². The number of nitrogens with zero attached hydrogens (tertiary/aromatic N) is 3. The molecule has 25 heavy (non-hydrogen) atoms. The van der Waals surface area contributed by atoms with Gasteiger partial charge in [-0.25, -0.2) is 5.01 Å². The summed E-state index contributed by atoms with van der Waals surface area (Å²) in [4.78, 5) is 15.4. The number of carbonyl (C=O) groups is 1. The van der Waals surface area contributed by atoms with E-state index in [1.807, 2.05) is 0 Å². The maximum absolute atomic E-state index is 13.1. The van der Waals surface area contributed by atoms with Gasteiger partial charge in [0.2, 0.25) is 5.91 Å². The number of hydrazone groups is 1. The van der Waals surface area contributed by atoms with Crippen molar-refractivity contribution in [3.63, 3.8) is 0 Å². The van der Waals surface area contributed by atoms with E-state index < -0.39 is 0 Å². The van der Waals surface area contributed by atoms with E-state index in [4.69, 9.17) is 5.10 Å². The molecule has 1 saturated heterocycles. The molecule has 1 aromatic carbocycles. The first kappa shape index (κ1) is 16.8. The fourth-order valence-corrected chi connectivity index (χ4v) is 4.59. The summed E-state index contributed by atoms with van der Waals surface area (Å²) in [5.41, 5.74) is 3.60. The minimum absolute atomic E-state index is 0.132. The number of rotatable bonds is 3. The molecule has 0 unspecified atom stereocenters. The number of fused-ring (bicyclic) bond motifs is 1. The fraction of sp³-hybridized carbons (Fsp3) is 0.619. The zero-order valence-electron chi connectivity index (χ0n) is 15.3. The number of piperidine rings is 1. The molecule has 1 aliphatic carbocycles. The van der Waals surface area contributed by atoms with Crippen LogP contribution in [0.3, 0.4) is 0 Å². The van der Waals surface area contributed by atoms with Crippen molar-refractivity contribution in [2.24, 2.45) is 16.9 Å². The summed E-state index contributed by atoms with van der Waals surface area (Å²) in [5.74, 6) is 0.694. The zero-order chi connectivity index (χ0) is 17.2. The van der Waals surface area contributed by atoms with E-state index >= 15 is 0 Å². The number of likely N-dealkylation sites (tertiary alicyclic amines) is 1. The SMILES string of the molecule is Cc1ccc(C2=NN(CN3CCCCC3)C(=O)[C@H]3CCCC[C@@H]23)cc1. The first-order valence-electron chi connectivity index (χ1n) is 9.91. The topological polar surface area (TPSA) is 35.9 Å². The largest absolute Gasteiger partial charge is 0.284 e. The van der Waals surface area contributed by atoms with Gasteiger partial charge in [-0.3, -0.25) is 9.69 Å². The average Bonchev–Trinajstić information content (AvgIpc) is 2.66. The normalized spacial score (nSPS) is 27.8. The first-order valence-corrected chi connectivity index (χ1v) is 9.91. The van der Waals surface area contributed by atoms with Crippen LogP contribution in [0.1, 0.15) is 56.1 Å². The van der Waals surface area contributed by atoms with Gasteiger partial charge in [0.1, 0.15) is 0 Å². The van der Waals surface area contributed by atoms with Gasteiger partial charge in [-0.05, 0) is 51.3 Å². The van der Waals surface area contributed by atoms with E-state index in [9.17, 15) is 4.79 Å². The molecular formula is C21H29N3O. The first-order chi connectivity index (χ1) is 12.2. The molecule has 2 heterocycles. The van der Waals surface area contributed by atoms with Gasteiger partial charge >= 0.3 is 0 Å². The smallest absolute Gasteiger partial charge is 0.247 e. The molecule has 2 atom stereocenters. The molecule has 1 amide bonds. The Morgan fingerprint density at radius 1 is 0.960 bits per heavy atom. The Morgan fingerprint density at radius 3 is 2.36 bits per heavy atom. The van der Waals surface area contributed by atoms with Crippen LogP contribution in [0.25, 0.3) is 0 Å². The molecule has 0 spiro atoms. The molecule has 134 valence electrons. The maximum atomic E-state index is 13.1. The predicted molar refractivity (Wildman–Crippen MR) is 100 cm³/mol. The van der Waals surface area contributed by atoms with Gasteiger partial charge in [-0.15, -0.1) is 0 Å². The lowest BCUT2D eigenvalue weighted by molar-refractivity contribution is -0.141. The van der Waals surface area contributed by atoms with E-state index in [1.165, 1.54) is 43.2 Å².